The van der Waals surface area contributed by atoms with Gasteiger partial charge in [0.1, 0.15) is 11.9 Å². The van der Waals surface area contributed by atoms with E-state index in [2.05, 4.69) is 0 Å². The summed E-state index contributed by atoms with van der Waals surface area (Å²) in [4.78, 5) is 28.8. The zero-order valence-electron chi connectivity index (χ0n) is 13.3. The van der Waals surface area contributed by atoms with Crippen LogP contribution in [-0.4, -0.2) is 40.7 Å². The quantitative estimate of drug-likeness (QED) is 0.860. The fourth-order valence-electron chi connectivity index (χ4n) is 3.49. The molecule has 2 fully saturated rings. The SMILES string of the molecule is O=C(C1CCCC(=O)N1Cc1ccc(F)cc1)N1CCCCC1. The van der Waals surface area contributed by atoms with E-state index in [4.69, 9.17) is 0 Å². The molecule has 1 atom stereocenters. The molecule has 0 aliphatic carbocycles. The molecular formula is C18H23FN2O2. The van der Waals surface area contributed by atoms with Crippen molar-refractivity contribution in [1.29, 1.82) is 0 Å². The van der Waals surface area contributed by atoms with Gasteiger partial charge in [-0.15, -0.1) is 0 Å². The Morgan fingerprint density at radius 2 is 1.78 bits per heavy atom. The highest BCUT2D eigenvalue weighted by atomic mass is 19.1. The molecule has 1 aromatic rings. The first-order valence-electron chi connectivity index (χ1n) is 8.48. The van der Waals surface area contributed by atoms with Crippen molar-refractivity contribution in [1.82, 2.24) is 9.80 Å². The summed E-state index contributed by atoms with van der Waals surface area (Å²) < 4.78 is 13.0. The van der Waals surface area contributed by atoms with Crippen molar-refractivity contribution >= 4 is 11.8 Å². The molecule has 124 valence electrons. The number of amides is 2. The van der Waals surface area contributed by atoms with Gasteiger partial charge >= 0.3 is 0 Å². The topological polar surface area (TPSA) is 40.6 Å². The highest BCUT2D eigenvalue weighted by Crippen LogP contribution is 2.24. The molecule has 0 radical (unpaired) electrons. The first kappa shape index (κ1) is 16.0. The van der Waals surface area contributed by atoms with Crippen molar-refractivity contribution in [2.45, 2.75) is 51.1 Å². The lowest BCUT2D eigenvalue weighted by molar-refractivity contribution is -0.150. The molecular weight excluding hydrogens is 295 g/mol. The van der Waals surface area contributed by atoms with Crippen LogP contribution in [0.3, 0.4) is 0 Å². The van der Waals surface area contributed by atoms with Gasteiger partial charge in [0.25, 0.3) is 0 Å². The number of hydrogen-bond donors (Lipinski definition) is 0. The van der Waals surface area contributed by atoms with E-state index in [1.165, 1.54) is 18.6 Å². The smallest absolute Gasteiger partial charge is 0.245 e. The van der Waals surface area contributed by atoms with Crippen LogP contribution in [0.4, 0.5) is 4.39 Å². The standard InChI is InChI=1S/C18H23FN2O2/c19-15-9-7-14(8-10-15)13-21-16(5-4-6-17(21)22)18(23)20-11-2-1-3-12-20/h7-10,16H,1-6,11-13H2. The first-order valence-corrected chi connectivity index (χ1v) is 8.48. The number of likely N-dealkylation sites (tertiary alicyclic amines) is 2. The Morgan fingerprint density at radius 1 is 1.09 bits per heavy atom. The molecule has 0 spiro atoms. The second-order valence-electron chi connectivity index (χ2n) is 6.44. The number of benzene rings is 1. The molecule has 1 aromatic carbocycles. The van der Waals surface area contributed by atoms with E-state index in [0.717, 1.165) is 44.3 Å². The van der Waals surface area contributed by atoms with Crippen molar-refractivity contribution in [3.8, 4) is 0 Å². The Bertz CT molecular complexity index is 567. The predicted molar refractivity (Wildman–Crippen MR) is 85.0 cm³/mol. The third-order valence-corrected chi connectivity index (χ3v) is 4.78. The molecule has 2 saturated heterocycles. The maximum atomic E-state index is 13.0. The minimum atomic E-state index is -0.362. The zero-order valence-corrected chi connectivity index (χ0v) is 13.3. The van der Waals surface area contributed by atoms with Gasteiger partial charge in [0.2, 0.25) is 11.8 Å². The number of piperidine rings is 2. The highest BCUT2D eigenvalue weighted by molar-refractivity contribution is 5.88. The first-order chi connectivity index (χ1) is 11.1. The van der Waals surface area contributed by atoms with E-state index < -0.39 is 0 Å². The Kier molecular flexibility index (Phi) is 4.94. The monoisotopic (exact) mass is 318 g/mol. The molecule has 2 aliphatic rings. The van der Waals surface area contributed by atoms with E-state index in [0.29, 0.717) is 13.0 Å². The summed E-state index contributed by atoms with van der Waals surface area (Å²) in [7, 11) is 0. The number of carbonyl (C=O) groups is 2. The summed E-state index contributed by atoms with van der Waals surface area (Å²) in [6, 6.07) is 5.79. The van der Waals surface area contributed by atoms with Crippen LogP contribution in [0.1, 0.15) is 44.1 Å². The molecule has 2 aliphatic heterocycles. The number of rotatable bonds is 3. The third kappa shape index (κ3) is 3.71. The Morgan fingerprint density at radius 3 is 2.48 bits per heavy atom. The van der Waals surface area contributed by atoms with Crippen LogP contribution < -0.4 is 0 Å². The van der Waals surface area contributed by atoms with E-state index in [1.54, 1.807) is 17.0 Å². The van der Waals surface area contributed by atoms with Crippen molar-refractivity contribution in [3.05, 3.63) is 35.6 Å². The van der Waals surface area contributed by atoms with Gasteiger partial charge in [-0.1, -0.05) is 12.1 Å². The molecule has 2 heterocycles. The van der Waals surface area contributed by atoms with Gasteiger partial charge in [-0.3, -0.25) is 9.59 Å². The van der Waals surface area contributed by atoms with Crippen LogP contribution in [0, 0.1) is 5.82 Å². The van der Waals surface area contributed by atoms with E-state index in [1.807, 2.05) is 4.90 Å². The molecule has 5 heteroatoms. The average Bonchev–Trinajstić information content (AvgIpc) is 2.59. The van der Waals surface area contributed by atoms with Gasteiger partial charge < -0.3 is 9.80 Å². The average molecular weight is 318 g/mol. The number of carbonyl (C=O) groups excluding carboxylic acids is 2. The van der Waals surface area contributed by atoms with Gasteiger partial charge in [0, 0.05) is 26.1 Å². The van der Waals surface area contributed by atoms with E-state index in [-0.39, 0.29) is 23.7 Å². The lowest BCUT2D eigenvalue weighted by atomic mass is 9.98. The lowest BCUT2D eigenvalue weighted by Gasteiger charge is -2.38. The van der Waals surface area contributed by atoms with Crippen molar-refractivity contribution < 1.29 is 14.0 Å². The molecule has 1 unspecified atom stereocenters. The minimum Gasteiger partial charge on any atom is -0.341 e. The maximum Gasteiger partial charge on any atom is 0.245 e. The van der Waals surface area contributed by atoms with E-state index >= 15 is 0 Å². The van der Waals surface area contributed by atoms with Crippen LogP contribution in [-0.2, 0) is 16.1 Å². The van der Waals surface area contributed by atoms with Gasteiger partial charge in [-0.05, 0) is 49.8 Å². The second-order valence-corrected chi connectivity index (χ2v) is 6.44. The molecule has 3 rings (SSSR count). The molecule has 0 saturated carbocycles. The van der Waals surface area contributed by atoms with Crippen LogP contribution in [0.5, 0.6) is 0 Å². The highest BCUT2D eigenvalue weighted by Gasteiger charge is 2.35. The van der Waals surface area contributed by atoms with Gasteiger partial charge in [0.15, 0.2) is 0 Å². The molecule has 0 aromatic heterocycles. The molecule has 4 nitrogen and oxygen atoms in total. The number of halogens is 1. The zero-order chi connectivity index (χ0) is 16.2. The second kappa shape index (κ2) is 7.11. The minimum absolute atomic E-state index is 0.0240. The van der Waals surface area contributed by atoms with Crippen molar-refractivity contribution in [2.24, 2.45) is 0 Å². The maximum absolute atomic E-state index is 13.0. The van der Waals surface area contributed by atoms with Gasteiger partial charge in [-0.2, -0.15) is 0 Å². The fraction of sp³-hybridized carbons (Fsp3) is 0.556. The Balaban J connectivity index is 1.74. The number of hydrogen-bond acceptors (Lipinski definition) is 2. The Labute approximate surface area is 136 Å². The molecule has 23 heavy (non-hydrogen) atoms. The van der Waals surface area contributed by atoms with Crippen molar-refractivity contribution in [2.75, 3.05) is 13.1 Å². The van der Waals surface area contributed by atoms with Crippen LogP contribution in [0.2, 0.25) is 0 Å². The summed E-state index contributed by atoms with van der Waals surface area (Å²) in [6.07, 6.45) is 5.25. The normalized spacial score (nSPS) is 22.3. The Hall–Kier alpha value is -1.91. The van der Waals surface area contributed by atoms with Crippen LogP contribution in [0.15, 0.2) is 24.3 Å². The predicted octanol–water partition coefficient (Wildman–Crippen LogP) is 2.72. The summed E-state index contributed by atoms with van der Waals surface area (Å²) in [6.45, 7) is 1.98. The lowest BCUT2D eigenvalue weighted by Crippen LogP contribution is -2.53. The van der Waals surface area contributed by atoms with Gasteiger partial charge in [0.05, 0.1) is 0 Å². The van der Waals surface area contributed by atoms with Crippen LogP contribution >= 0.6 is 0 Å². The summed E-state index contributed by atoms with van der Waals surface area (Å²) in [5, 5.41) is 0. The third-order valence-electron chi connectivity index (χ3n) is 4.78. The molecule has 0 bridgehead atoms. The van der Waals surface area contributed by atoms with Gasteiger partial charge in [-0.25, -0.2) is 4.39 Å². The van der Waals surface area contributed by atoms with Crippen LogP contribution in [0.25, 0.3) is 0 Å². The summed E-state index contributed by atoms with van der Waals surface area (Å²) in [5.74, 6) is -0.185. The summed E-state index contributed by atoms with van der Waals surface area (Å²) >= 11 is 0. The molecule has 2 amide bonds. The number of nitrogens with zero attached hydrogens (tertiary/aromatic N) is 2. The fourth-order valence-corrected chi connectivity index (χ4v) is 3.49. The van der Waals surface area contributed by atoms with E-state index in [9.17, 15) is 14.0 Å². The summed E-state index contributed by atoms with van der Waals surface area (Å²) in [5.41, 5.74) is 0.859. The van der Waals surface area contributed by atoms with Crippen molar-refractivity contribution in [3.63, 3.8) is 0 Å². The largest absolute Gasteiger partial charge is 0.341 e. The molecule has 0 N–H and O–H groups in total.